The van der Waals surface area contributed by atoms with Crippen LogP contribution in [0.2, 0.25) is 18.1 Å². The third-order valence-electron chi connectivity index (χ3n) is 11.1. The molecule has 6 atom stereocenters. The molecule has 0 unspecified atom stereocenters. The minimum Gasteiger partial charge on any atom is -0.417 e. The first-order chi connectivity index (χ1) is 14.4. The van der Waals surface area contributed by atoms with Crippen molar-refractivity contribution >= 4 is 14.1 Å². The first-order valence-electron chi connectivity index (χ1n) is 13.3. The van der Waals surface area contributed by atoms with Gasteiger partial charge in [0.15, 0.2) is 14.1 Å². The zero-order valence-corrected chi connectivity index (χ0v) is 22.5. The van der Waals surface area contributed by atoms with E-state index in [-0.39, 0.29) is 0 Å². The normalized spacial score (nSPS) is 40.7. The Kier molecular flexibility index (Phi) is 6.21. The summed E-state index contributed by atoms with van der Waals surface area (Å²) < 4.78 is 6.49. The smallest absolute Gasteiger partial charge is 0.191 e. The lowest BCUT2D eigenvalue weighted by atomic mass is 9.47. The van der Waals surface area contributed by atoms with Gasteiger partial charge in [-0.25, -0.2) is 0 Å². The Morgan fingerprint density at radius 1 is 1.03 bits per heavy atom. The summed E-state index contributed by atoms with van der Waals surface area (Å²) >= 11 is 0. The molecule has 0 heterocycles. The molecule has 4 rings (SSSR count). The Bertz CT molecular complexity index is 732. The average molecular weight is 445 g/mol. The van der Waals surface area contributed by atoms with Crippen molar-refractivity contribution in [2.24, 2.45) is 34.5 Å². The standard InChI is InChI=1S/C28H48O2Si/c1-26(2,3)31(6,7)30-18-8-9-20-11-13-24-23-12-10-21-19-22(29)14-16-28(21,5)25(23)15-17-27(20,24)4/h19-20,23-25H,8-18H2,1-7H3/t20-,23-,24-,25-,27+,28-/m0/s1. The minimum atomic E-state index is -1.62. The van der Waals surface area contributed by atoms with Gasteiger partial charge in [-0.15, -0.1) is 0 Å². The summed E-state index contributed by atoms with van der Waals surface area (Å²) in [7, 11) is -1.62. The summed E-state index contributed by atoms with van der Waals surface area (Å²) in [6.45, 7) is 17.9. The molecule has 4 aliphatic rings. The van der Waals surface area contributed by atoms with E-state index in [2.05, 4.69) is 47.7 Å². The van der Waals surface area contributed by atoms with E-state index in [0.29, 0.717) is 21.7 Å². The molecule has 0 aromatic carbocycles. The number of ketones is 1. The predicted molar refractivity (Wildman–Crippen MR) is 133 cm³/mol. The van der Waals surface area contributed by atoms with Crippen molar-refractivity contribution in [1.29, 1.82) is 0 Å². The second-order valence-corrected chi connectivity index (χ2v) is 18.3. The molecule has 31 heavy (non-hydrogen) atoms. The van der Waals surface area contributed by atoms with Crippen LogP contribution in [0.5, 0.6) is 0 Å². The second-order valence-electron chi connectivity index (χ2n) is 13.5. The van der Waals surface area contributed by atoms with E-state index >= 15 is 0 Å². The predicted octanol–water partition coefficient (Wildman–Crippen LogP) is 7.94. The van der Waals surface area contributed by atoms with Gasteiger partial charge in [-0.1, -0.05) is 40.2 Å². The highest BCUT2D eigenvalue weighted by Crippen LogP contribution is 2.67. The van der Waals surface area contributed by atoms with Crippen LogP contribution in [0.25, 0.3) is 0 Å². The van der Waals surface area contributed by atoms with Crippen LogP contribution in [-0.2, 0) is 9.22 Å². The Labute approximate surface area is 193 Å². The van der Waals surface area contributed by atoms with Crippen LogP contribution in [0.3, 0.4) is 0 Å². The first-order valence-corrected chi connectivity index (χ1v) is 16.2. The van der Waals surface area contributed by atoms with E-state index in [9.17, 15) is 4.79 Å². The van der Waals surface area contributed by atoms with E-state index in [0.717, 1.165) is 43.1 Å². The number of carbonyl (C=O) groups is 1. The number of hydrogen-bond acceptors (Lipinski definition) is 2. The highest BCUT2D eigenvalue weighted by molar-refractivity contribution is 6.74. The lowest BCUT2D eigenvalue weighted by Crippen LogP contribution is -2.50. The molecule has 0 aromatic rings. The third-order valence-corrected chi connectivity index (χ3v) is 15.7. The maximum absolute atomic E-state index is 12.1. The summed E-state index contributed by atoms with van der Waals surface area (Å²) in [4.78, 5) is 12.1. The van der Waals surface area contributed by atoms with Gasteiger partial charge >= 0.3 is 0 Å². The zero-order valence-electron chi connectivity index (χ0n) is 21.5. The Morgan fingerprint density at radius 3 is 2.48 bits per heavy atom. The topological polar surface area (TPSA) is 26.3 Å². The lowest BCUT2D eigenvalue weighted by Gasteiger charge is -2.58. The zero-order chi connectivity index (χ0) is 22.7. The van der Waals surface area contributed by atoms with E-state index in [1.54, 1.807) is 0 Å². The number of hydrogen-bond donors (Lipinski definition) is 0. The molecule has 3 heteroatoms. The molecule has 0 spiro atoms. The number of allylic oxidation sites excluding steroid dienone is 1. The largest absolute Gasteiger partial charge is 0.417 e. The molecule has 0 bridgehead atoms. The summed E-state index contributed by atoms with van der Waals surface area (Å²) in [6.07, 6.45) is 14.7. The van der Waals surface area contributed by atoms with Gasteiger partial charge < -0.3 is 4.43 Å². The Balaban J connectivity index is 1.39. The van der Waals surface area contributed by atoms with Crippen molar-refractivity contribution in [3.63, 3.8) is 0 Å². The molecular formula is C28H48O2Si. The van der Waals surface area contributed by atoms with Crippen LogP contribution in [0.15, 0.2) is 11.6 Å². The molecule has 0 aliphatic heterocycles. The summed E-state index contributed by atoms with van der Waals surface area (Å²) in [5, 5.41) is 0.309. The van der Waals surface area contributed by atoms with Crippen LogP contribution >= 0.6 is 0 Å². The Morgan fingerprint density at radius 2 is 1.77 bits per heavy atom. The quantitative estimate of drug-likeness (QED) is 0.318. The SMILES string of the molecule is CC(C)(C)[Si](C)(C)OCCC[C@H]1CC[C@H]2[C@@H]3CCC4=CC(=O)CC[C@]4(C)[C@H]3CC[C@]12C. The van der Waals surface area contributed by atoms with Gasteiger partial charge in [-0.2, -0.15) is 0 Å². The van der Waals surface area contributed by atoms with E-state index in [1.807, 2.05) is 6.08 Å². The molecule has 2 nitrogen and oxygen atoms in total. The van der Waals surface area contributed by atoms with Gasteiger partial charge in [0.25, 0.3) is 0 Å². The fourth-order valence-electron chi connectivity index (χ4n) is 8.02. The van der Waals surface area contributed by atoms with Crippen molar-refractivity contribution in [3.8, 4) is 0 Å². The molecule has 0 radical (unpaired) electrons. The number of rotatable bonds is 5. The van der Waals surface area contributed by atoms with Crippen LogP contribution in [-0.4, -0.2) is 20.7 Å². The highest BCUT2D eigenvalue weighted by atomic mass is 28.4. The number of carbonyl (C=O) groups excluding carboxylic acids is 1. The third kappa shape index (κ3) is 4.05. The lowest BCUT2D eigenvalue weighted by molar-refractivity contribution is -0.117. The van der Waals surface area contributed by atoms with E-state index < -0.39 is 8.32 Å². The summed E-state index contributed by atoms with van der Waals surface area (Å²) in [5.41, 5.74) is 2.36. The molecule has 0 N–H and O–H groups in total. The maximum Gasteiger partial charge on any atom is 0.191 e. The molecule has 4 aliphatic carbocycles. The van der Waals surface area contributed by atoms with Gasteiger partial charge in [0.1, 0.15) is 0 Å². The van der Waals surface area contributed by atoms with E-state index in [1.165, 1.54) is 56.9 Å². The molecule has 0 saturated heterocycles. The summed E-state index contributed by atoms with van der Waals surface area (Å²) in [6, 6.07) is 0. The fraction of sp³-hybridized carbons (Fsp3) is 0.893. The van der Waals surface area contributed by atoms with Crippen molar-refractivity contribution in [3.05, 3.63) is 11.6 Å². The summed E-state index contributed by atoms with van der Waals surface area (Å²) in [5.74, 6) is 3.89. The van der Waals surface area contributed by atoms with Crippen molar-refractivity contribution in [2.75, 3.05) is 6.61 Å². The Hall–Kier alpha value is -0.413. The van der Waals surface area contributed by atoms with Crippen molar-refractivity contribution in [1.82, 2.24) is 0 Å². The first kappa shape index (κ1) is 23.7. The molecular weight excluding hydrogens is 396 g/mol. The highest BCUT2D eigenvalue weighted by Gasteiger charge is 2.58. The van der Waals surface area contributed by atoms with Gasteiger partial charge in [0, 0.05) is 13.0 Å². The van der Waals surface area contributed by atoms with Gasteiger partial charge in [-0.05, 0) is 116 Å². The van der Waals surface area contributed by atoms with Crippen LogP contribution < -0.4 is 0 Å². The van der Waals surface area contributed by atoms with Gasteiger partial charge in [0.05, 0.1) is 0 Å². The molecule has 0 amide bonds. The average Bonchev–Trinajstić information content (AvgIpc) is 3.01. The molecule has 0 aromatic heterocycles. The van der Waals surface area contributed by atoms with Crippen LogP contribution in [0, 0.1) is 34.5 Å². The van der Waals surface area contributed by atoms with Gasteiger partial charge in [-0.3, -0.25) is 4.79 Å². The monoisotopic (exact) mass is 444 g/mol. The second kappa shape index (κ2) is 8.11. The molecule has 176 valence electrons. The van der Waals surface area contributed by atoms with Gasteiger partial charge in [0.2, 0.25) is 0 Å². The van der Waals surface area contributed by atoms with Crippen molar-refractivity contribution in [2.45, 2.75) is 117 Å². The van der Waals surface area contributed by atoms with Crippen LogP contribution in [0.1, 0.15) is 98.8 Å². The minimum absolute atomic E-state index is 0.309. The van der Waals surface area contributed by atoms with Crippen LogP contribution in [0.4, 0.5) is 0 Å². The molecule has 3 saturated carbocycles. The molecule has 3 fully saturated rings. The fourth-order valence-corrected chi connectivity index (χ4v) is 9.10. The maximum atomic E-state index is 12.1. The van der Waals surface area contributed by atoms with Crippen molar-refractivity contribution < 1.29 is 9.22 Å². The van der Waals surface area contributed by atoms with E-state index in [4.69, 9.17) is 4.43 Å². The number of fused-ring (bicyclic) bond motifs is 5.